The summed E-state index contributed by atoms with van der Waals surface area (Å²) in [6, 6.07) is 5.37. The van der Waals surface area contributed by atoms with Gasteiger partial charge < -0.3 is 4.74 Å². The Bertz CT molecular complexity index is 617. The summed E-state index contributed by atoms with van der Waals surface area (Å²) in [5.41, 5.74) is 0.548. The number of carbonyl (C=O) groups is 4. The molecule has 1 aromatic rings. The van der Waals surface area contributed by atoms with E-state index in [0.29, 0.717) is 0 Å². The van der Waals surface area contributed by atoms with E-state index in [1.165, 1.54) is 13.8 Å². The zero-order chi connectivity index (χ0) is 16.4. The first kappa shape index (κ1) is 15.9. The topological polar surface area (TPSA) is 80.8 Å². The number of nitrogens with zero attached hydrogens (tertiary/aromatic N) is 1. The fraction of sp³-hybridized carbons (Fsp3) is 0.375. The van der Waals surface area contributed by atoms with Crippen LogP contribution in [0.1, 0.15) is 41.5 Å². The van der Waals surface area contributed by atoms with Gasteiger partial charge in [0, 0.05) is 0 Å². The largest absolute Gasteiger partial charge is 0.465 e. The highest BCUT2D eigenvalue weighted by molar-refractivity contribution is 6.23. The predicted octanol–water partition coefficient (Wildman–Crippen LogP) is 1.44. The Morgan fingerprint density at radius 3 is 2.05 bits per heavy atom. The van der Waals surface area contributed by atoms with Gasteiger partial charge in [-0.1, -0.05) is 12.1 Å². The summed E-state index contributed by atoms with van der Waals surface area (Å²) in [7, 11) is 0. The summed E-state index contributed by atoms with van der Waals surface area (Å²) >= 11 is 0. The van der Waals surface area contributed by atoms with Crippen molar-refractivity contribution in [2.24, 2.45) is 5.92 Å². The molecule has 0 unspecified atom stereocenters. The van der Waals surface area contributed by atoms with Crippen molar-refractivity contribution in [2.45, 2.75) is 26.8 Å². The van der Waals surface area contributed by atoms with Crippen molar-refractivity contribution in [1.29, 1.82) is 0 Å². The average Bonchev–Trinajstić information content (AvgIpc) is 2.77. The number of esters is 1. The molecular formula is C16H17NO5. The number of hydrogen-bond donors (Lipinski definition) is 0. The average molecular weight is 303 g/mol. The Morgan fingerprint density at radius 1 is 1.09 bits per heavy atom. The molecule has 6 nitrogen and oxygen atoms in total. The predicted molar refractivity (Wildman–Crippen MR) is 77.2 cm³/mol. The molecule has 1 aromatic carbocycles. The molecule has 22 heavy (non-hydrogen) atoms. The number of ether oxygens (including phenoxy) is 1. The van der Waals surface area contributed by atoms with Gasteiger partial charge in [-0.15, -0.1) is 0 Å². The SMILES string of the molecule is CCOC(=O)[C@H](C)C(=O)[C@H](C)N1C(=O)c2ccccc2C1=O. The third-order valence-electron chi connectivity index (χ3n) is 3.69. The molecule has 1 heterocycles. The minimum atomic E-state index is -1.03. The lowest BCUT2D eigenvalue weighted by Gasteiger charge is -2.23. The summed E-state index contributed by atoms with van der Waals surface area (Å²) in [6.07, 6.45) is 0. The van der Waals surface area contributed by atoms with E-state index >= 15 is 0 Å². The van der Waals surface area contributed by atoms with Gasteiger partial charge in [-0.05, 0) is 32.9 Å². The zero-order valence-corrected chi connectivity index (χ0v) is 12.7. The van der Waals surface area contributed by atoms with Crippen LogP contribution in [0.2, 0.25) is 0 Å². The van der Waals surface area contributed by atoms with Crippen LogP contribution >= 0.6 is 0 Å². The van der Waals surface area contributed by atoms with Crippen LogP contribution in [0.15, 0.2) is 24.3 Å². The van der Waals surface area contributed by atoms with Gasteiger partial charge in [0.1, 0.15) is 5.92 Å². The lowest BCUT2D eigenvalue weighted by atomic mass is 10.00. The van der Waals surface area contributed by atoms with Gasteiger partial charge in [-0.3, -0.25) is 24.1 Å². The number of rotatable bonds is 5. The highest BCUT2D eigenvalue weighted by atomic mass is 16.5. The number of ketones is 1. The Morgan fingerprint density at radius 2 is 1.59 bits per heavy atom. The second-order valence-electron chi connectivity index (χ2n) is 5.08. The first-order valence-corrected chi connectivity index (χ1v) is 7.07. The summed E-state index contributed by atoms with van der Waals surface area (Å²) in [5, 5.41) is 0. The Hall–Kier alpha value is -2.50. The van der Waals surface area contributed by atoms with E-state index in [1.54, 1.807) is 31.2 Å². The maximum Gasteiger partial charge on any atom is 0.316 e. The zero-order valence-electron chi connectivity index (χ0n) is 12.7. The van der Waals surface area contributed by atoms with Crippen LogP contribution in [0.5, 0.6) is 0 Å². The molecule has 0 aromatic heterocycles. The van der Waals surface area contributed by atoms with Crippen molar-refractivity contribution in [2.75, 3.05) is 6.61 Å². The van der Waals surface area contributed by atoms with E-state index in [4.69, 9.17) is 4.74 Å². The fourth-order valence-corrected chi connectivity index (χ4v) is 2.43. The molecule has 116 valence electrons. The van der Waals surface area contributed by atoms with Gasteiger partial charge in [0.05, 0.1) is 23.8 Å². The van der Waals surface area contributed by atoms with Gasteiger partial charge in [0.15, 0.2) is 5.78 Å². The molecule has 2 atom stereocenters. The molecule has 2 amide bonds. The van der Waals surface area contributed by atoms with Crippen molar-refractivity contribution >= 4 is 23.6 Å². The van der Waals surface area contributed by atoms with Crippen LogP contribution in [0, 0.1) is 5.92 Å². The second kappa shape index (κ2) is 6.09. The van der Waals surface area contributed by atoms with Gasteiger partial charge in [0.25, 0.3) is 11.8 Å². The number of benzene rings is 1. The fourth-order valence-electron chi connectivity index (χ4n) is 2.43. The molecular weight excluding hydrogens is 286 g/mol. The lowest BCUT2D eigenvalue weighted by molar-refractivity contribution is -0.151. The number of carbonyl (C=O) groups excluding carboxylic acids is 4. The third kappa shape index (κ3) is 2.52. The van der Waals surface area contributed by atoms with Crippen molar-refractivity contribution in [1.82, 2.24) is 4.90 Å². The van der Waals surface area contributed by atoms with Gasteiger partial charge in [0.2, 0.25) is 0 Å². The van der Waals surface area contributed by atoms with E-state index < -0.39 is 35.5 Å². The molecule has 0 saturated carbocycles. The highest BCUT2D eigenvalue weighted by Gasteiger charge is 2.42. The van der Waals surface area contributed by atoms with E-state index in [9.17, 15) is 19.2 Å². The summed E-state index contributed by atoms with van der Waals surface area (Å²) < 4.78 is 4.80. The normalized spacial score (nSPS) is 16.2. The summed E-state index contributed by atoms with van der Waals surface area (Å²) in [5.74, 6) is -3.24. The van der Waals surface area contributed by atoms with E-state index in [0.717, 1.165) is 4.90 Å². The Labute approximate surface area is 128 Å². The Kier molecular flexibility index (Phi) is 4.40. The monoisotopic (exact) mass is 303 g/mol. The van der Waals surface area contributed by atoms with Crippen LogP contribution in [0.4, 0.5) is 0 Å². The molecule has 6 heteroatoms. The van der Waals surface area contributed by atoms with E-state index in [2.05, 4.69) is 0 Å². The van der Waals surface area contributed by atoms with Crippen LogP contribution in [-0.4, -0.2) is 41.1 Å². The highest BCUT2D eigenvalue weighted by Crippen LogP contribution is 2.25. The van der Waals surface area contributed by atoms with Gasteiger partial charge in [-0.25, -0.2) is 0 Å². The molecule has 2 rings (SSSR count). The van der Waals surface area contributed by atoms with Crippen molar-refractivity contribution in [3.05, 3.63) is 35.4 Å². The third-order valence-corrected chi connectivity index (χ3v) is 3.69. The maximum absolute atomic E-state index is 12.3. The van der Waals surface area contributed by atoms with Gasteiger partial charge >= 0.3 is 5.97 Å². The van der Waals surface area contributed by atoms with Gasteiger partial charge in [-0.2, -0.15) is 0 Å². The van der Waals surface area contributed by atoms with Crippen molar-refractivity contribution in [3.8, 4) is 0 Å². The van der Waals surface area contributed by atoms with E-state index in [1.807, 2.05) is 0 Å². The van der Waals surface area contributed by atoms with Crippen LogP contribution in [0.25, 0.3) is 0 Å². The Balaban J connectivity index is 2.23. The second-order valence-corrected chi connectivity index (χ2v) is 5.08. The number of Topliss-reactive ketones (excluding diaryl/α,β-unsaturated/α-hetero) is 1. The molecule has 0 bridgehead atoms. The standard InChI is InChI=1S/C16H17NO5/c1-4-22-16(21)9(2)13(18)10(3)17-14(19)11-7-5-6-8-12(11)15(17)20/h5-10H,4H2,1-3H3/t9-,10+/m1/s1. The summed E-state index contributed by atoms with van der Waals surface area (Å²) in [4.78, 5) is 49.5. The van der Waals surface area contributed by atoms with Crippen LogP contribution in [0.3, 0.4) is 0 Å². The number of fused-ring (bicyclic) bond motifs is 1. The first-order chi connectivity index (χ1) is 10.4. The smallest absolute Gasteiger partial charge is 0.316 e. The molecule has 0 fully saturated rings. The molecule has 0 saturated heterocycles. The maximum atomic E-state index is 12.3. The van der Waals surface area contributed by atoms with Crippen molar-refractivity contribution in [3.63, 3.8) is 0 Å². The van der Waals surface area contributed by atoms with Crippen molar-refractivity contribution < 1.29 is 23.9 Å². The first-order valence-electron chi connectivity index (χ1n) is 7.07. The summed E-state index contributed by atoms with van der Waals surface area (Å²) in [6.45, 7) is 4.66. The molecule has 0 radical (unpaired) electrons. The molecule has 1 aliphatic rings. The molecule has 0 N–H and O–H groups in total. The van der Waals surface area contributed by atoms with Crippen LogP contribution < -0.4 is 0 Å². The lowest BCUT2D eigenvalue weighted by Crippen LogP contribution is -2.46. The number of imide groups is 1. The number of hydrogen-bond acceptors (Lipinski definition) is 5. The minimum Gasteiger partial charge on any atom is -0.465 e. The molecule has 0 spiro atoms. The quantitative estimate of drug-likeness (QED) is 0.467. The van der Waals surface area contributed by atoms with Crippen LogP contribution in [-0.2, 0) is 14.3 Å². The molecule has 0 aliphatic carbocycles. The minimum absolute atomic E-state index is 0.165. The van der Waals surface area contributed by atoms with E-state index in [-0.39, 0.29) is 17.7 Å². The number of amides is 2. The molecule has 1 aliphatic heterocycles.